The second-order valence-electron chi connectivity index (χ2n) is 0.847. The lowest BCUT2D eigenvalue weighted by Gasteiger charge is -1.92. The molecule has 0 heterocycles. The van der Waals surface area contributed by atoms with Gasteiger partial charge < -0.3 is 11.1 Å². The Balaban J connectivity index is 2.83. The van der Waals surface area contributed by atoms with Gasteiger partial charge in [0.2, 0.25) is 0 Å². The number of nitrogens with two attached hydrogens (primary N) is 1. The summed E-state index contributed by atoms with van der Waals surface area (Å²) in [6, 6.07) is 0. The molecule has 0 saturated heterocycles. The highest BCUT2D eigenvalue weighted by atomic mass is 15.0. The fraction of sp³-hybridized carbons (Fsp3) is 0.333. The van der Waals surface area contributed by atoms with Crippen LogP contribution in [-0.4, -0.2) is 5.96 Å². The van der Waals surface area contributed by atoms with Crippen molar-refractivity contribution in [1.29, 1.82) is 5.41 Å². The lowest BCUT2D eigenvalue weighted by molar-refractivity contribution is 1.07. The molecule has 0 saturated carbocycles. The highest BCUT2D eigenvalue weighted by Gasteiger charge is 1.74. The van der Waals surface area contributed by atoms with Crippen LogP contribution in [-0.2, 0) is 0 Å². The highest BCUT2D eigenvalue weighted by Crippen LogP contribution is 1.55. The second-order valence-corrected chi connectivity index (χ2v) is 0.847. The van der Waals surface area contributed by atoms with Crippen molar-refractivity contribution >= 4 is 5.96 Å². The van der Waals surface area contributed by atoms with Crippen LogP contribution in [0.15, 0.2) is 0 Å². The molecule has 0 fully saturated rings. The third-order valence-corrected chi connectivity index (χ3v) is 0.300. The molecule has 0 aromatic carbocycles. The van der Waals surface area contributed by atoms with Gasteiger partial charge in [0.15, 0.2) is 5.96 Å². The van der Waals surface area contributed by atoms with Crippen molar-refractivity contribution in [3.8, 4) is 0 Å². The summed E-state index contributed by atoms with van der Waals surface area (Å²) in [5, 5.41) is 8.97. The minimum atomic E-state index is -0.0162. The minimum Gasteiger partial charge on any atom is -0.370 e. The SMILES string of the molecule is C[CH]NC(=N)N. The Morgan fingerprint density at radius 3 is 2.50 bits per heavy atom. The number of nitrogens with one attached hydrogen (secondary N) is 2. The van der Waals surface area contributed by atoms with E-state index in [1.165, 1.54) is 0 Å². The summed E-state index contributed by atoms with van der Waals surface area (Å²) in [4.78, 5) is 0. The first-order chi connectivity index (χ1) is 2.77. The molecule has 3 heteroatoms. The molecule has 3 nitrogen and oxygen atoms in total. The van der Waals surface area contributed by atoms with Crippen LogP contribution in [0.1, 0.15) is 6.92 Å². The summed E-state index contributed by atoms with van der Waals surface area (Å²) < 4.78 is 0. The first kappa shape index (κ1) is 5.27. The maximum atomic E-state index is 6.53. The van der Waals surface area contributed by atoms with E-state index in [0.29, 0.717) is 0 Å². The Hall–Kier alpha value is -0.730. The van der Waals surface area contributed by atoms with Gasteiger partial charge in [-0.1, -0.05) is 0 Å². The van der Waals surface area contributed by atoms with E-state index in [0.717, 1.165) is 0 Å². The van der Waals surface area contributed by atoms with Crippen molar-refractivity contribution in [1.82, 2.24) is 5.32 Å². The molecule has 0 aromatic rings. The molecule has 0 aliphatic rings. The number of guanidine groups is 1. The summed E-state index contributed by atoms with van der Waals surface area (Å²) >= 11 is 0. The number of hydrogen-bond donors (Lipinski definition) is 3. The predicted molar refractivity (Wildman–Crippen MR) is 25.0 cm³/mol. The van der Waals surface area contributed by atoms with E-state index in [1.54, 1.807) is 13.5 Å². The Morgan fingerprint density at radius 1 is 2.00 bits per heavy atom. The normalized spacial score (nSPS) is 7.50. The molecule has 0 aliphatic carbocycles. The molecule has 0 unspecified atom stereocenters. The molecule has 35 valence electrons. The molecule has 0 amide bonds. The zero-order valence-corrected chi connectivity index (χ0v) is 3.65. The Labute approximate surface area is 37.0 Å². The van der Waals surface area contributed by atoms with Crippen molar-refractivity contribution in [2.24, 2.45) is 5.73 Å². The van der Waals surface area contributed by atoms with Crippen LogP contribution in [0.2, 0.25) is 0 Å². The topological polar surface area (TPSA) is 61.9 Å². The molecular weight excluding hydrogens is 78.1 g/mol. The highest BCUT2D eigenvalue weighted by molar-refractivity contribution is 5.74. The lowest BCUT2D eigenvalue weighted by Crippen LogP contribution is -2.26. The Morgan fingerprint density at radius 2 is 2.50 bits per heavy atom. The average molecular weight is 86.1 g/mol. The standard InChI is InChI=1S/C3H8N3/c1-2-6-3(4)5/h2H,1H3,(H4,4,5,6). The third-order valence-electron chi connectivity index (χ3n) is 0.300. The quantitative estimate of drug-likeness (QED) is 0.302. The van der Waals surface area contributed by atoms with Gasteiger partial charge in [0.1, 0.15) is 0 Å². The van der Waals surface area contributed by atoms with Gasteiger partial charge in [0, 0.05) is 6.54 Å². The fourth-order valence-electron chi connectivity index (χ4n) is 0.156. The molecule has 0 rings (SSSR count). The summed E-state index contributed by atoms with van der Waals surface area (Å²) in [5.74, 6) is -0.0162. The smallest absolute Gasteiger partial charge is 0.185 e. The summed E-state index contributed by atoms with van der Waals surface area (Å²) in [5.41, 5.74) is 4.84. The van der Waals surface area contributed by atoms with Gasteiger partial charge in [-0.25, -0.2) is 0 Å². The van der Waals surface area contributed by atoms with E-state index in [2.05, 4.69) is 5.32 Å². The van der Waals surface area contributed by atoms with Crippen molar-refractivity contribution in [3.05, 3.63) is 6.54 Å². The van der Waals surface area contributed by atoms with E-state index in [1.807, 2.05) is 0 Å². The van der Waals surface area contributed by atoms with E-state index in [-0.39, 0.29) is 5.96 Å². The van der Waals surface area contributed by atoms with Crippen LogP contribution in [0.5, 0.6) is 0 Å². The number of rotatable bonds is 1. The van der Waals surface area contributed by atoms with Gasteiger partial charge in [0.05, 0.1) is 0 Å². The second kappa shape index (κ2) is 2.50. The van der Waals surface area contributed by atoms with Crippen LogP contribution in [0.3, 0.4) is 0 Å². The van der Waals surface area contributed by atoms with Gasteiger partial charge in [-0.2, -0.15) is 0 Å². The minimum absolute atomic E-state index is 0.0162. The Bertz CT molecular complexity index is 50.0. The van der Waals surface area contributed by atoms with Gasteiger partial charge in [0.25, 0.3) is 0 Å². The van der Waals surface area contributed by atoms with Gasteiger partial charge in [-0.15, -0.1) is 0 Å². The van der Waals surface area contributed by atoms with Crippen molar-refractivity contribution in [3.63, 3.8) is 0 Å². The van der Waals surface area contributed by atoms with Crippen molar-refractivity contribution in [2.45, 2.75) is 6.92 Å². The molecule has 1 radical (unpaired) electrons. The van der Waals surface area contributed by atoms with Crippen LogP contribution in [0.4, 0.5) is 0 Å². The molecule has 6 heavy (non-hydrogen) atoms. The maximum Gasteiger partial charge on any atom is 0.185 e. The number of hydrogen-bond acceptors (Lipinski definition) is 1. The van der Waals surface area contributed by atoms with Crippen LogP contribution in [0, 0.1) is 12.0 Å². The molecule has 0 spiro atoms. The lowest BCUT2D eigenvalue weighted by atomic mass is 10.7. The molecule has 0 bridgehead atoms. The fourth-order valence-corrected chi connectivity index (χ4v) is 0.156. The monoisotopic (exact) mass is 86.1 g/mol. The molecule has 0 aromatic heterocycles. The van der Waals surface area contributed by atoms with Crippen LogP contribution < -0.4 is 11.1 Å². The van der Waals surface area contributed by atoms with Crippen molar-refractivity contribution in [2.75, 3.05) is 0 Å². The molecule has 4 N–H and O–H groups in total. The van der Waals surface area contributed by atoms with Gasteiger partial charge in [-0.05, 0) is 6.92 Å². The van der Waals surface area contributed by atoms with Gasteiger partial charge >= 0.3 is 0 Å². The summed E-state index contributed by atoms with van der Waals surface area (Å²) in [6.07, 6.45) is 0. The van der Waals surface area contributed by atoms with E-state index >= 15 is 0 Å². The summed E-state index contributed by atoms with van der Waals surface area (Å²) in [6.45, 7) is 3.36. The molecule has 0 aliphatic heterocycles. The first-order valence-electron chi connectivity index (χ1n) is 1.65. The van der Waals surface area contributed by atoms with E-state index in [9.17, 15) is 0 Å². The van der Waals surface area contributed by atoms with Gasteiger partial charge in [-0.3, -0.25) is 5.41 Å². The van der Waals surface area contributed by atoms with Crippen molar-refractivity contribution < 1.29 is 0 Å². The van der Waals surface area contributed by atoms with Crippen LogP contribution >= 0.6 is 0 Å². The zero-order valence-electron chi connectivity index (χ0n) is 3.65. The predicted octanol–water partition coefficient (Wildman–Crippen LogP) is -0.349. The van der Waals surface area contributed by atoms with Crippen LogP contribution in [0.25, 0.3) is 0 Å². The zero-order chi connectivity index (χ0) is 4.99. The van der Waals surface area contributed by atoms with E-state index < -0.39 is 0 Å². The molecule has 0 atom stereocenters. The first-order valence-corrected chi connectivity index (χ1v) is 1.65. The van der Waals surface area contributed by atoms with E-state index in [4.69, 9.17) is 11.1 Å². The summed E-state index contributed by atoms with van der Waals surface area (Å²) in [7, 11) is 0. The molecular formula is C3H8N3. The third kappa shape index (κ3) is 3.27. The maximum absolute atomic E-state index is 6.53. The Kier molecular flexibility index (Phi) is 2.20. The average Bonchev–Trinajstić information content (AvgIpc) is 1.35. The largest absolute Gasteiger partial charge is 0.370 e.